The molecule has 0 aliphatic heterocycles. The summed E-state index contributed by atoms with van der Waals surface area (Å²) in [6.07, 6.45) is 1.10. The van der Waals surface area contributed by atoms with Crippen molar-refractivity contribution in [3.63, 3.8) is 0 Å². The van der Waals surface area contributed by atoms with Gasteiger partial charge in [-0.25, -0.2) is 0 Å². The van der Waals surface area contributed by atoms with Gasteiger partial charge < -0.3 is 5.11 Å². The van der Waals surface area contributed by atoms with Crippen LogP contribution in [0.3, 0.4) is 0 Å². The fourth-order valence-electron chi connectivity index (χ4n) is 2.37. The van der Waals surface area contributed by atoms with Crippen molar-refractivity contribution in [1.82, 2.24) is 0 Å². The normalized spacial score (nSPS) is 12.3. The molecule has 2 rings (SSSR count). The van der Waals surface area contributed by atoms with E-state index >= 15 is 0 Å². The average Bonchev–Trinajstić information content (AvgIpc) is 2.48. The maximum Gasteiger partial charge on any atom is 0.304 e. The lowest BCUT2D eigenvalue weighted by molar-refractivity contribution is -0.137. The van der Waals surface area contributed by atoms with Crippen molar-refractivity contribution in [2.75, 3.05) is 0 Å². The van der Waals surface area contributed by atoms with Crippen LogP contribution in [0.1, 0.15) is 19.8 Å². The van der Waals surface area contributed by atoms with Crippen LogP contribution in [-0.2, 0) is 4.79 Å². The van der Waals surface area contributed by atoms with E-state index in [0.29, 0.717) is 0 Å². The van der Waals surface area contributed by atoms with E-state index in [4.69, 9.17) is 5.11 Å². The minimum atomic E-state index is -0.712. The molecule has 0 radical (unpaired) electrons. The maximum atomic E-state index is 11.1. The Labute approximate surface area is 121 Å². The van der Waals surface area contributed by atoms with Crippen molar-refractivity contribution in [2.45, 2.75) is 25.4 Å². The van der Waals surface area contributed by atoms with Crippen molar-refractivity contribution in [2.24, 2.45) is 0 Å². The number of rotatable bonds is 6. The van der Waals surface area contributed by atoms with E-state index in [1.165, 1.54) is 10.6 Å². The highest BCUT2D eigenvalue weighted by atomic mass is 31.1. The summed E-state index contributed by atoms with van der Waals surface area (Å²) in [7, 11) is -0.628. The summed E-state index contributed by atoms with van der Waals surface area (Å²) in [5.74, 6) is -0.712. The van der Waals surface area contributed by atoms with E-state index < -0.39 is 13.9 Å². The molecule has 20 heavy (non-hydrogen) atoms. The zero-order valence-electron chi connectivity index (χ0n) is 11.6. The van der Waals surface area contributed by atoms with Crippen LogP contribution in [0.25, 0.3) is 0 Å². The monoisotopic (exact) mass is 286 g/mol. The standard InChI is InChI=1S/C17H19O2P/c1-2-14(13-17(18)19)20(15-9-5-3-6-10-15)16-11-7-4-8-12-16/h3-12,14H,2,13H2,1H3,(H,18,19). The molecule has 1 N–H and O–H groups in total. The van der Waals surface area contributed by atoms with Crippen LogP contribution in [0.2, 0.25) is 0 Å². The van der Waals surface area contributed by atoms with Gasteiger partial charge in [-0.1, -0.05) is 67.6 Å². The van der Waals surface area contributed by atoms with Crippen molar-refractivity contribution in [3.8, 4) is 0 Å². The Bertz CT molecular complexity index is 500. The van der Waals surface area contributed by atoms with Gasteiger partial charge in [0.15, 0.2) is 0 Å². The first-order valence-electron chi connectivity index (χ1n) is 6.83. The van der Waals surface area contributed by atoms with Gasteiger partial charge >= 0.3 is 5.97 Å². The van der Waals surface area contributed by atoms with E-state index in [1.807, 2.05) is 36.4 Å². The molecular formula is C17H19O2P. The second-order valence-electron chi connectivity index (χ2n) is 4.70. The van der Waals surface area contributed by atoms with Crippen molar-refractivity contribution >= 4 is 24.5 Å². The molecule has 0 saturated carbocycles. The number of carbonyl (C=O) groups is 1. The lowest BCUT2D eigenvalue weighted by atomic mass is 10.2. The molecule has 2 aromatic rings. The summed E-state index contributed by atoms with van der Waals surface area (Å²) in [4.78, 5) is 11.1. The van der Waals surface area contributed by atoms with Gasteiger partial charge in [-0.15, -0.1) is 0 Å². The Kier molecular flexibility index (Phi) is 5.31. The van der Waals surface area contributed by atoms with Crippen LogP contribution >= 0.6 is 7.92 Å². The maximum absolute atomic E-state index is 11.1. The number of hydrogen-bond acceptors (Lipinski definition) is 1. The molecule has 0 aliphatic rings. The first-order valence-corrected chi connectivity index (χ1v) is 8.24. The highest BCUT2D eigenvalue weighted by molar-refractivity contribution is 7.73. The van der Waals surface area contributed by atoms with Crippen molar-refractivity contribution < 1.29 is 9.90 Å². The second-order valence-corrected chi connectivity index (χ2v) is 7.20. The molecule has 0 aliphatic carbocycles. The number of benzene rings is 2. The van der Waals surface area contributed by atoms with Crippen LogP contribution in [-0.4, -0.2) is 16.7 Å². The quantitative estimate of drug-likeness (QED) is 0.827. The second kappa shape index (κ2) is 7.21. The predicted molar refractivity (Wildman–Crippen MR) is 85.4 cm³/mol. The molecule has 1 atom stereocenters. The summed E-state index contributed by atoms with van der Waals surface area (Å²) in [6.45, 7) is 2.08. The Balaban J connectivity index is 2.41. The summed E-state index contributed by atoms with van der Waals surface area (Å²) in [5.41, 5.74) is 0.173. The third-order valence-corrected chi connectivity index (χ3v) is 6.30. The SMILES string of the molecule is CCC(CC(=O)O)P(c1ccccc1)c1ccccc1. The number of hydrogen-bond donors (Lipinski definition) is 1. The first kappa shape index (κ1) is 14.7. The molecule has 104 valence electrons. The smallest absolute Gasteiger partial charge is 0.304 e. The molecule has 0 amide bonds. The van der Waals surface area contributed by atoms with E-state index in [2.05, 4.69) is 31.2 Å². The van der Waals surface area contributed by atoms with Gasteiger partial charge in [0.05, 0.1) is 6.42 Å². The lowest BCUT2D eigenvalue weighted by Crippen LogP contribution is -2.23. The molecule has 0 bridgehead atoms. The van der Waals surface area contributed by atoms with Crippen LogP contribution < -0.4 is 10.6 Å². The minimum absolute atomic E-state index is 0.173. The molecule has 0 spiro atoms. The Hall–Kier alpha value is -1.66. The molecule has 0 aromatic heterocycles. The van der Waals surface area contributed by atoms with Crippen LogP contribution in [0.15, 0.2) is 60.7 Å². The summed E-state index contributed by atoms with van der Waals surface area (Å²) < 4.78 is 0. The van der Waals surface area contributed by atoms with Gasteiger partial charge in [0, 0.05) is 0 Å². The fraction of sp³-hybridized carbons (Fsp3) is 0.235. The Morgan fingerprint density at radius 3 is 1.80 bits per heavy atom. The summed E-state index contributed by atoms with van der Waals surface area (Å²) in [5, 5.41) is 11.7. The molecular weight excluding hydrogens is 267 g/mol. The number of carboxylic acid groups (broad SMARTS) is 1. The predicted octanol–water partition coefficient (Wildman–Crippen LogP) is 3.37. The van der Waals surface area contributed by atoms with Gasteiger partial charge in [-0.3, -0.25) is 4.79 Å². The first-order chi connectivity index (χ1) is 9.72. The van der Waals surface area contributed by atoms with Crippen LogP contribution in [0.5, 0.6) is 0 Å². The largest absolute Gasteiger partial charge is 0.481 e. The molecule has 2 nitrogen and oxygen atoms in total. The fourth-order valence-corrected chi connectivity index (χ4v) is 5.20. The van der Waals surface area contributed by atoms with E-state index in [9.17, 15) is 4.79 Å². The molecule has 1 unspecified atom stereocenters. The number of carboxylic acids is 1. The minimum Gasteiger partial charge on any atom is -0.481 e. The van der Waals surface area contributed by atoms with E-state index in [-0.39, 0.29) is 12.1 Å². The average molecular weight is 286 g/mol. The molecule has 0 heterocycles. The van der Waals surface area contributed by atoms with Crippen molar-refractivity contribution in [3.05, 3.63) is 60.7 Å². The molecule has 0 saturated heterocycles. The van der Waals surface area contributed by atoms with Crippen LogP contribution in [0.4, 0.5) is 0 Å². The topological polar surface area (TPSA) is 37.3 Å². The van der Waals surface area contributed by atoms with Gasteiger partial charge in [0.25, 0.3) is 0 Å². The van der Waals surface area contributed by atoms with Gasteiger partial charge in [-0.2, -0.15) is 0 Å². The van der Waals surface area contributed by atoms with Crippen molar-refractivity contribution in [1.29, 1.82) is 0 Å². The zero-order chi connectivity index (χ0) is 14.4. The Morgan fingerprint density at radius 1 is 1.00 bits per heavy atom. The molecule has 2 aromatic carbocycles. The van der Waals surface area contributed by atoms with E-state index in [1.54, 1.807) is 0 Å². The number of aliphatic carboxylic acids is 1. The summed E-state index contributed by atoms with van der Waals surface area (Å²) in [6, 6.07) is 20.6. The third-order valence-electron chi connectivity index (χ3n) is 3.32. The van der Waals surface area contributed by atoms with Crippen LogP contribution in [0, 0.1) is 0 Å². The van der Waals surface area contributed by atoms with E-state index in [0.717, 1.165) is 6.42 Å². The van der Waals surface area contributed by atoms with Gasteiger partial charge in [0.1, 0.15) is 0 Å². The van der Waals surface area contributed by atoms with Gasteiger partial charge in [-0.05, 0) is 30.6 Å². The molecule has 3 heteroatoms. The Morgan fingerprint density at radius 2 is 1.45 bits per heavy atom. The van der Waals surface area contributed by atoms with Gasteiger partial charge in [0.2, 0.25) is 0 Å². The summed E-state index contributed by atoms with van der Waals surface area (Å²) >= 11 is 0. The highest BCUT2D eigenvalue weighted by Gasteiger charge is 2.25. The zero-order valence-corrected chi connectivity index (χ0v) is 12.5. The molecule has 0 fully saturated rings. The third kappa shape index (κ3) is 3.68. The highest BCUT2D eigenvalue weighted by Crippen LogP contribution is 2.42. The lowest BCUT2D eigenvalue weighted by Gasteiger charge is -2.26.